The Balaban J connectivity index is 1.44. The number of nitrogens with zero attached hydrogens (tertiary/aromatic N) is 2. The number of rotatable bonds is 7. The van der Waals surface area contributed by atoms with Gasteiger partial charge in [0.1, 0.15) is 0 Å². The summed E-state index contributed by atoms with van der Waals surface area (Å²) in [5.41, 5.74) is 3.28. The van der Waals surface area contributed by atoms with Crippen molar-refractivity contribution in [2.24, 2.45) is 0 Å². The van der Waals surface area contributed by atoms with E-state index in [0.29, 0.717) is 12.6 Å². The lowest BCUT2D eigenvalue weighted by atomic mass is 10.1. The predicted molar refractivity (Wildman–Crippen MR) is 116 cm³/mol. The number of carbonyl (C=O) groups excluding carboxylic acids is 1. The molecule has 1 N–H and O–H groups in total. The Bertz CT molecular complexity index is 712. The van der Waals surface area contributed by atoms with Crippen LogP contribution >= 0.6 is 11.8 Å². The van der Waals surface area contributed by atoms with Gasteiger partial charge in [0, 0.05) is 55.8 Å². The van der Waals surface area contributed by atoms with Crippen molar-refractivity contribution in [1.82, 2.24) is 10.2 Å². The molecule has 0 bridgehead atoms. The molecular weight excluding hydrogens is 354 g/mol. The molecule has 0 radical (unpaired) electrons. The number of carbonyl (C=O) groups is 1. The molecule has 2 aromatic carbocycles. The van der Waals surface area contributed by atoms with Gasteiger partial charge in [0.2, 0.25) is 0 Å². The van der Waals surface area contributed by atoms with Crippen molar-refractivity contribution in [3.05, 3.63) is 65.7 Å². The third-order valence-corrected chi connectivity index (χ3v) is 5.77. The minimum atomic E-state index is 0.0143. The molecule has 3 rings (SSSR count). The molecule has 1 unspecified atom stereocenters. The first-order chi connectivity index (χ1) is 13.2. The summed E-state index contributed by atoms with van der Waals surface area (Å²) in [6.45, 7) is 6.97. The summed E-state index contributed by atoms with van der Waals surface area (Å²) in [5, 5.41) is 3.09. The maximum absolute atomic E-state index is 12.4. The molecule has 1 aliphatic rings. The molecule has 0 aliphatic carbocycles. The lowest BCUT2D eigenvalue weighted by Crippen LogP contribution is -2.52. The molecule has 1 aliphatic heterocycles. The number of nitrogens with one attached hydrogen (secondary N) is 1. The number of amides is 1. The number of hydrogen-bond acceptors (Lipinski definition) is 4. The van der Waals surface area contributed by atoms with Crippen LogP contribution in [0.1, 0.15) is 22.8 Å². The fourth-order valence-electron chi connectivity index (χ4n) is 3.45. The van der Waals surface area contributed by atoms with Crippen LogP contribution in [0.3, 0.4) is 0 Å². The molecule has 0 spiro atoms. The zero-order valence-corrected chi connectivity index (χ0v) is 17.0. The zero-order valence-electron chi connectivity index (χ0n) is 16.2. The summed E-state index contributed by atoms with van der Waals surface area (Å²) in [6.07, 6.45) is 2.08. The van der Waals surface area contributed by atoms with Crippen LogP contribution in [0.2, 0.25) is 0 Å². The first-order valence-corrected chi connectivity index (χ1v) is 11.0. The molecule has 27 heavy (non-hydrogen) atoms. The average Bonchev–Trinajstić information content (AvgIpc) is 2.73. The molecular formula is C22H29N3OS. The van der Waals surface area contributed by atoms with Crippen LogP contribution in [0.4, 0.5) is 5.69 Å². The Labute approximate surface area is 166 Å². The zero-order chi connectivity index (χ0) is 19.1. The first-order valence-electron chi connectivity index (χ1n) is 9.57. The number of anilines is 1. The van der Waals surface area contributed by atoms with E-state index in [1.165, 1.54) is 11.3 Å². The maximum Gasteiger partial charge on any atom is 0.251 e. The number of piperazine rings is 1. The van der Waals surface area contributed by atoms with E-state index < -0.39 is 0 Å². The minimum absolute atomic E-state index is 0.0143. The highest BCUT2D eigenvalue weighted by Crippen LogP contribution is 2.16. The van der Waals surface area contributed by atoms with Gasteiger partial charge < -0.3 is 10.2 Å². The largest absolute Gasteiger partial charge is 0.369 e. The summed E-state index contributed by atoms with van der Waals surface area (Å²) in [7, 11) is 0. The molecule has 5 heteroatoms. The molecule has 0 saturated carbocycles. The van der Waals surface area contributed by atoms with E-state index in [2.05, 4.69) is 58.6 Å². The van der Waals surface area contributed by atoms with Crippen LogP contribution in [0.5, 0.6) is 0 Å². The second kappa shape index (κ2) is 9.81. The van der Waals surface area contributed by atoms with Gasteiger partial charge in [0.05, 0.1) is 0 Å². The summed E-state index contributed by atoms with van der Waals surface area (Å²) >= 11 is 1.79. The quantitative estimate of drug-likeness (QED) is 0.794. The standard InChI is InChI=1S/C22H29N3OS/c1-18(16-23-22(26)20-10-8-19(9-11-20)17-27-2)24-12-14-25(15-13-24)21-6-4-3-5-7-21/h3-11,18H,12-17H2,1-2H3,(H,23,26). The fourth-order valence-corrected chi connectivity index (χ4v) is 3.98. The summed E-state index contributed by atoms with van der Waals surface area (Å²) in [5.74, 6) is 0.994. The molecule has 1 saturated heterocycles. The van der Waals surface area contributed by atoms with E-state index in [1.807, 2.05) is 24.3 Å². The summed E-state index contributed by atoms with van der Waals surface area (Å²) in [6, 6.07) is 18.8. The molecule has 144 valence electrons. The maximum atomic E-state index is 12.4. The van der Waals surface area contributed by atoms with E-state index in [-0.39, 0.29) is 5.91 Å². The Hall–Kier alpha value is -1.98. The lowest BCUT2D eigenvalue weighted by molar-refractivity contribution is 0.0934. The van der Waals surface area contributed by atoms with Crippen molar-refractivity contribution in [2.45, 2.75) is 18.7 Å². The summed E-state index contributed by atoms with van der Waals surface area (Å²) < 4.78 is 0. The van der Waals surface area contributed by atoms with Gasteiger partial charge in [-0.2, -0.15) is 11.8 Å². The normalized spacial score (nSPS) is 16.1. The first kappa shape index (κ1) is 19.8. The highest BCUT2D eigenvalue weighted by atomic mass is 32.2. The third kappa shape index (κ3) is 5.50. The molecule has 2 aromatic rings. The van der Waals surface area contributed by atoms with Gasteiger partial charge >= 0.3 is 0 Å². The Morgan fingerprint density at radius 2 is 1.70 bits per heavy atom. The topological polar surface area (TPSA) is 35.6 Å². The Kier molecular flexibility index (Phi) is 7.18. The second-order valence-corrected chi connectivity index (χ2v) is 7.91. The van der Waals surface area contributed by atoms with Gasteiger partial charge in [-0.25, -0.2) is 0 Å². The Morgan fingerprint density at radius 3 is 2.33 bits per heavy atom. The molecule has 1 fully saturated rings. The molecule has 0 aromatic heterocycles. The summed E-state index contributed by atoms with van der Waals surface area (Å²) in [4.78, 5) is 17.3. The third-order valence-electron chi connectivity index (χ3n) is 5.14. The number of para-hydroxylation sites is 1. The highest BCUT2D eigenvalue weighted by molar-refractivity contribution is 7.97. The van der Waals surface area contributed by atoms with Crippen molar-refractivity contribution < 1.29 is 4.79 Å². The van der Waals surface area contributed by atoms with E-state index in [4.69, 9.17) is 0 Å². The SMILES string of the molecule is CSCc1ccc(C(=O)NCC(C)N2CCN(c3ccccc3)CC2)cc1. The number of thioether (sulfide) groups is 1. The van der Waals surface area contributed by atoms with Crippen molar-refractivity contribution in [3.63, 3.8) is 0 Å². The van der Waals surface area contributed by atoms with Gasteiger partial charge in [-0.3, -0.25) is 9.69 Å². The minimum Gasteiger partial charge on any atom is -0.369 e. The highest BCUT2D eigenvalue weighted by Gasteiger charge is 2.21. The van der Waals surface area contributed by atoms with Gasteiger partial charge in [0.25, 0.3) is 5.91 Å². The van der Waals surface area contributed by atoms with Crippen molar-refractivity contribution >= 4 is 23.4 Å². The number of hydrogen-bond donors (Lipinski definition) is 1. The van der Waals surface area contributed by atoms with E-state index in [1.54, 1.807) is 11.8 Å². The van der Waals surface area contributed by atoms with E-state index in [0.717, 1.165) is 37.5 Å². The van der Waals surface area contributed by atoms with Crippen LogP contribution in [0.25, 0.3) is 0 Å². The van der Waals surface area contributed by atoms with Gasteiger partial charge in [-0.05, 0) is 43.0 Å². The predicted octanol–water partition coefficient (Wildman–Crippen LogP) is 3.49. The molecule has 1 amide bonds. The van der Waals surface area contributed by atoms with Crippen LogP contribution in [-0.2, 0) is 5.75 Å². The smallest absolute Gasteiger partial charge is 0.251 e. The molecule has 1 heterocycles. The van der Waals surface area contributed by atoms with Crippen LogP contribution in [-0.4, -0.2) is 55.8 Å². The van der Waals surface area contributed by atoms with Crippen molar-refractivity contribution in [1.29, 1.82) is 0 Å². The van der Waals surface area contributed by atoms with Gasteiger partial charge in [-0.15, -0.1) is 0 Å². The average molecular weight is 384 g/mol. The van der Waals surface area contributed by atoms with Crippen LogP contribution in [0.15, 0.2) is 54.6 Å². The molecule has 4 nitrogen and oxygen atoms in total. The monoisotopic (exact) mass is 383 g/mol. The van der Waals surface area contributed by atoms with Crippen LogP contribution < -0.4 is 10.2 Å². The fraction of sp³-hybridized carbons (Fsp3) is 0.409. The molecule has 1 atom stereocenters. The lowest BCUT2D eigenvalue weighted by Gasteiger charge is -2.39. The van der Waals surface area contributed by atoms with Crippen LogP contribution in [0, 0.1) is 0 Å². The number of benzene rings is 2. The Morgan fingerprint density at radius 1 is 1.04 bits per heavy atom. The second-order valence-electron chi connectivity index (χ2n) is 7.05. The van der Waals surface area contributed by atoms with E-state index >= 15 is 0 Å². The van der Waals surface area contributed by atoms with Crippen molar-refractivity contribution in [2.75, 3.05) is 43.9 Å². The van der Waals surface area contributed by atoms with E-state index in [9.17, 15) is 4.79 Å². The van der Waals surface area contributed by atoms with Gasteiger partial charge in [0.15, 0.2) is 0 Å². The van der Waals surface area contributed by atoms with Gasteiger partial charge in [-0.1, -0.05) is 30.3 Å². The van der Waals surface area contributed by atoms with Crippen molar-refractivity contribution in [3.8, 4) is 0 Å².